The molecule has 0 saturated carbocycles. The molecule has 0 aliphatic heterocycles. The average molecular weight is 314 g/mol. The SMILES string of the molecule is CN=C(NCc1nnc2ccc(C(F)(F)F)cn12)NC(C)C. The number of aliphatic imine (C=N–C) groups is 1. The van der Waals surface area contributed by atoms with Crippen molar-refractivity contribution in [3.05, 3.63) is 29.7 Å². The highest BCUT2D eigenvalue weighted by Crippen LogP contribution is 2.29. The third-order valence-corrected chi connectivity index (χ3v) is 2.86. The quantitative estimate of drug-likeness (QED) is 0.670. The summed E-state index contributed by atoms with van der Waals surface area (Å²) in [5, 5.41) is 13.8. The van der Waals surface area contributed by atoms with Gasteiger partial charge in [0, 0.05) is 19.3 Å². The van der Waals surface area contributed by atoms with Crippen molar-refractivity contribution in [1.29, 1.82) is 0 Å². The highest BCUT2D eigenvalue weighted by Gasteiger charge is 2.31. The maximum Gasteiger partial charge on any atom is 0.417 e. The summed E-state index contributed by atoms with van der Waals surface area (Å²) >= 11 is 0. The highest BCUT2D eigenvalue weighted by atomic mass is 19.4. The number of nitrogens with one attached hydrogen (secondary N) is 2. The van der Waals surface area contributed by atoms with Crippen LogP contribution in [0.25, 0.3) is 5.65 Å². The van der Waals surface area contributed by atoms with Crippen LogP contribution in [-0.4, -0.2) is 33.6 Å². The Hall–Kier alpha value is -2.32. The summed E-state index contributed by atoms with van der Waals surface area (Å²) in [7, 11) is 1.61. The molecule has 2 heterocycles. The van der Waals surface area contributed by atoms with Gasteiger partial charge < -0.3 is 10.6 Å². The van der Waals surface area contributed by atoms with Crippen LogP contribution >= 0.6 is 0 Å². The molecule has 2 N–H and O–H groups in total. The number of halogens is 3. The lowest BCUT2D eigenvalue weighted by molar-refractivity contribution is -0.137. The topological polar surface area (TPSA) is 66.6 Å². The Bertz CT molecular complexity index is 674. The van der Waals surface area contributed by atoms with E-state index in [2.05, 4.69) is 25.8 Å². The number of nitrogens with zero attached hydrogens (tertiary/aromatic N) is 4. The van der Waals surface area contributed by atoms with Gasteiger partial charge in [-0.1, -0.05) is 0 Å². The summed E-state index contributed by atoms with van der Waals surface area (Å²) in [5.74, 6) is 0.909. The minimum absolute atomic E-state index is 0.179. The van der Waals surface area contributed by atoms with Crippen LogP contribution in [0.1, 0.15) is 25.2 Å². The van der Waals surface area contributed by atoms with Crippen molar-refractivity contribution in [2.45, 2.75) is 32.6 Å². The number of hydrogen-bond donors (Lipinski definition) is 2. The fourth-order valence-corrected chi connectivity index (χ4v) is 1.86. The first-order valence-corrected chi connectivity index (χ1v) is 6.69. The lowest BCUT2D eigenvalue weighted by Crippen LogP contribution is -2.40. The normalized spacial score (nSPS) is 13.0. The van der Waals surface area contributed by atoms with Crippen LogP contribution in [0.15, 0.2) is 23.3 Å². The first-order valence-electron chi connectivity index (χ1n) is 6.69. The maximum atomic E-state index is 12.8. The molecule has 0 radical (unpaired) electrons. The predicted octanol–water partition coefficient (Wildman–Crippen LogP) is 1.82. The van der Waals surface area contributed by atoms with Gasteiger partial charge in [0.25, 0.3) is 0 Å². The summed E-state index contributed by atoms with van der Waals surface area (Å²) < 4.78 is 39.6. The molecule has 6 nitrogen and oxygen atoms in total. The first kappa shape index (κ1) is 16.1. The lowest BCUT2D eigenvalue weighted by Gasteiger charge is -2.14. The van der Waals surface area contributed by atoms with E-state index in [-0.39, 0.29) is 12.6 Å². The van der Waals surface area contributed by atoms with E-state index in [1.54, 1.807) is 7.05 Å². The minimum atomic E-state index is -4.40. The summed E-state index contributed by atoms with van der Waals surface area (Å²) in [6.07, 6.45) is -3.41. The summed E-state index contributed by atoms with van der Waals surface area (Å²) in [6, 6.07) is 2.46. The van der Waals surface area contributed by atoms with E-state index in [0.29, 0.717) is 17.4 Å². The molecule has 0 unspecified atom stereocenters. The zero-order chi connectivity index (χ0) is 16.3. The van der Waals surface area contributed by atoms with Crippen molar-refractivity contribution in [2.75, 3.05) is 7.05 Å². The molecule has 0 aliphatic carbocycles. The van der Waals surface area contributed by atoms with E-state index >= 15 is 0 Å². The van der Waals surface area contributed by atoms with Gasteiger partial charge in [-0.05, 0) is 26.0 Å². The molecule has 0 atom stereocenters. The molecule has 22 heavy (non-hydrogen) atoms. The molecular formula is C13H17F3N6. The number of pyridine rings is 1. The standard InChI is InChI=1S/C13H17F3N6/c1-8(2)19-12(17-3)18-6-11-21-20-10-5-4-9(7-22(10)11)13(14,15)16/h4-5,7-8H,6H2,1-3H3,(H2,17,18,19). The Kier molecular flexibility index (Phi) is 4.53. The molecule has 2 aromatic rings. The Labute approximate surface area is 125 Å². The zero-order valence-electron chi connectivity index (χ0n) is 12.4. The van der Waals surface area contributed by atoms with Crippen molar-refractivity contribution in [3.8, 4) is 0 Å². The molecule has 0 fully saturated rings. The van der Waals surface area contributed by atoms with Crippen LogP contribution in [0.2, 0.25) is 0 Å². The van der Waals surface area contributed by atoms with Crippen LogP contribution in [-0.2, 0) is 12.7 Å². The van der Waals surface area contributed by atoms with Gasteiger partial charge in [0.05, 0.1) is 12.1 Å². The Balaban J connectivity index is 2.21. The fourth-order valence-electron chi connectivity index (χ4n) is 1.86. The van der Waals surface area contributed by atoms with Crippen molar-refractivity contribution in [3.63, 3.8) is 0 Å². The zero-order valence-corrected chi connectivity index (χ0v) is 12.4. The Morgan fingerprint density at radius 1 is 1.32 bits per heavy atom. The molecule has 0 saturated heterocycles. The number of rotatable bonds is 3. The second kappa shape index (κ2) is 6.20. The highest BCUT2D eigenvalue weighted by molar-refractivity contribution is 5.79. The monoisotopic (exact) mass is 314 g/mol. The van der Waals surface area contributed by atoms with Gasteiger partial charge in [0.15, 0.2) is 17.4 Å². The van der Waals surface area contributed by atoms with Gasteiger partial charge >= 0.3 is 6.18 Å². The second-order valence-corrected chi connectivity index (χ2v) is 4.98. The molecule has 0 aliphatic rings. The summed E-state index contributed by atoms with van der Waals surface area (Å²) in [6.45, 7) is 4.11. The van der Waals surface area contributed by atoms with Gasteiger partial charge in [0.1, 0.15) is 0 Å². The molecule has 0 spiro atoms. The number of hydrogen-bond acceptors (Lipinski definition) is 3. The molecule has 2 aromatic heterocycles. The van der Waals surface area contributed by atoms with Crippen LogP contribution in [0.5, 0.6) is 0 Å². The molecular weight excluding hydrogens is 297 g/mol. The van der Waals surface area contributed by atoms with Crippen LogP contribution in [0.4, 0.5) is 13.2 Å². The average Bonchev–Trinajstić information content (AvgIpc) is 2.84. The smallest absolute Gasteiger partial charge is 0.354 e. The van der Waals surface area contributed by atoms with E-state index in [1.807, 2.05) is 13.8 Å². The van der Waals surface area contributed by atoms with Crippen molar-refractivity contribution in [2.24, 2.45) is 4.99 Å². The lowest BCUT2D eigenvalue weighted by atomic mass is 10.3. The predicted molar refractivity (Wildman–Crippen MR) is 76.5 cm³/mol. The fraction of sp³-hybridized carbons (Fsp3) is 0.462. The first-order chi connectivity index (χ1) is 10.3. The molecule has 0 amide bonds. The second-order valence-electron chi connectivity index (χ2n) is 4.98. The van der Waals surface area contributed by atoms with E-state index in [0.717, 1.165) is 12.3 Å². The molecule has 2 rings (SSSR count). The number of guanidine groups is 1. The van der Waals surface area contributed by atoms with Gasteiger partial charge in [-0.25, -0.2) is 0 Å². The van der Waals surface area contributed by atoms with Crippen LogP contribution < -0.4 is 10.6 Å². The Morgan fingerprint density at radius 3 is 2.64 bits per heavy atom. The van der Waals surface area contributed by atoms with Gasteiger partial charge in [-0.3, -0.25) is 9.39 Å². The van der Waals surface area contributed by atoms with Crippen molar-refractivity contribution >= 4 is 11.6 Å². The molecule has 120 valence electrons. The number of alkyl halides is 3. The summed E-state index contributed by atoms with van der Waals surface area (Å²) in [4.78, 5) is 4.02. The van der Waals surface area contributed by atoms with E-state index in [4.69, 9.17) is 0 Å². The third kappa shape index (κ3) is 3.66. The van der Waals surface area contributed by atoms with Crippen molar-refractivity contribution < 1.29 is 13.2 Å². The summed E-state index contributed by atoms with van der Waals surface area (Å²) in [5.41, 5.74) is -0.387. The van der Waals surface area contributed by atoms with Crippen LogP contribution in [0, 0.1) is 0 Å². The van der Waals surface area contributed by atoms with E-state index in [9.17, 15) is 13.2 Å². The maximum absolute atomic E-state index is 12.8. The minimum Gasteiger partial charge on any atom is -0.354 e. The number of aromatic nitrogens is 3. The largest absolute Gasteiger partial charge is 0.417 e. The van der Waals surface area contributed by atoms with Gasteiger partial charge in [0.2, 0.25) is 0 Å². The van der Waals surface area contributed by atoms with E-state index < -0.39 is 11.7 Å². The van der Waals surface area contributed by atoms with Gasteiger partial charge in [-0.2, -0.15) is 13.2 Å². The van der Waals surface area contributed by atoms with E-state index in [1.165, 1.54) is 10.5 Å². The third-order valence-electron chi connectivity index (χ3n) is 2.86. The van der Waals surface area contributed by atoms with Crippen LogP contribution in [0.3, 0.4) is 0 Å². The Morgan fingerprint density at radius 2 is 2.05 bits per heavy atom. The van der Waals surface area contributed by atoms with Gasteiger partial charge in [-0.15, -0.1) is 10.2 Å². The molecule has 0 aromatic carbocycles. The van der Waals surface area contributed by atoms with Crippen molar-refractivity contribution in [1.82, 2.24) is 25.2 Å². The molecule has 9 heteroatoms. The molecule has 0 bridgehead atoms. The number of fused-ring (bicyclic) bond motifs is 1.